The Balaban J connectivity index is 0.00000141. The molecule has 0 saturated heterocycles. The topological polar surface area (TPSA) is 85.4 Å². The van der Waals surface area contributed by atoms with Crippen molar-refractivity contribution in [3.05, 3.63) is 71.7 Å². The number of carboxylic acid groups (broad SMARTS) is 1. The SMILES string of the molecule is COc1cc(C(=O)O)c(F)cc1-c1cc(-c2ccc(C3CCCCC3)cc2)ccn1.NS. The lowest BCUT2D eigenvalue weighted by molar-refractivity contribution is 0.0691. The van der Waals surface area contributed by atoms with Gasteiger partial charge in [-0.15, -0.1) is 12.8 Å². The third kappa shape index (κ3) is 5.29. The number of aromatic nitrogens is 1. The quantitative estimate of drug-likeness (QED) is 0.406. The van der Waals surface area contributed by atoms with E-state index in [0.29, 0.717) is 17.2 Å². The number of rotatable bonds is 5. The summed E-state index contributed by atoms with van der Waals surface area (Å²) in [5.41, 5.74) is 3.92. The van der Waals surface area contributed by atoms with E-state index in [4.69, 9.17) is 9.84 Å². The van der Waals surface area contributed by atoms with Gasteiger partial charge in [-0.05, 0) is 59.7 Å². The molecule has 0 bridgehead atoms. The number of hydrogen-bond acceptors (Lipinski definition) is 5. The molecule has 1 saturated carbocycles. The Kier molecular flexibility index (Phi) is 8.25. The Bertz CT molecular complexity index is 1070. The maximum atomic E-state index is 14.3. The third-order valence-electron chi connectivity index (χ3n) is 5.88. The van der Waals surface area contributed by atoms with Crippen molar-refractivity contribution in [2.75, 3.05) is 7.11 Å². The van der Waals surface area contributed by atoms with Crippen molar-refractivity contribution < 1.29 is 19.0 Å². The van der Waals surface area contributed by atoms with Crippen LogP contribution in [0.4, 0.5) is 4.39 Å². The second-order valence-electron chi connectivity index (χ2n) is 7.72. The van der Waals surface area contributed by atoms with Crippen molar-refractivity contribution in [1.29, 1.82) is 0 Å². The van der Waals surface area contributed by atoms with Crippen LogP contribution in [0.15, 0.2) is 54.7 Å². The fraction of sp³-hybridized carbons (Fsp3) is 0.280. The number of halogens is 1. The molecule has 168 valence electrons. The van der Waals surface area contributed by atoms with Crippen LogP contribution in [0.3, 0.4) is 0 Å². The number of carbonyl (C=O) groups is 1. The van der Waals surface area contributed by atoms with Gasteiger partial charge in [0, 0.05) is 11.8 Å². The first-order valence-electron chi connectivity index (χ1n) is 10.5. The molecule has 1 aliphatic carbocycles. The van der Waals surface area contributed by atoms with E-state index in [1.165, 1.54) is 56.9 Å². The van der Waals surface area contributed by atoms with Gasteiger partial charge < -0.3 is 9.84 Å². The van der Waals surface area contributed by atoms with Crippen molar-refractivity contribution in [2.45, 2.75) is 38.0 Å². The summed E-state index contributed by atoms with van der Waals surface area (Å²) in [6, 6.07) is 14.8. The number of nitrogens with zero attached hydrogens (tertiary/aromatic N) is 1. The number of ether oxygens (including phenoxy) is 1. The Hall–Kier alpha value is -2.90. The maximum absolute atomic E-state index is 14.3. The molecule has 1 heterocycles. The van der Waals surface area contributed by atoms with Crippen molar-refractivity contribution in [3.8, 4) is 28.1 Å². The third-order valence-corrected chi connectivity index (χ3v) is 5.88. The predicted octanol–water partition coefficient (Wildman–Crippen LogP) is 6.10. The summed E-state index contributed by atoms with van der Waals surface area (Å²) in [6.45, 7) is 0. The molecule has 1 aliphatic rings. The number of thiol groups is 1. The van der Waals surface area contributed by atoms with Crippen LogP contribution in [-0.2, 0) is 0 Å². The molecule has 3 aromatic rings. The summed E-state index contributed by atoms with van der Waals surface area (Å²) in [6.07, 6.45) is 8.14. The first-order chi connectivity index (χ1) is 15.6. The zero-order valence-corrected chi connectivity index (χ0v) is 18.8. The van der Waals surface area contributed by atoms with E-state index in [1.807, 2.05) is 12.1 Å². The van der Waals surface area contributed by atoms with E-state index in [2.05, 4.69) is 47.2 Å². The first kappa shape index (κ1) is 23.8. The van der Waals surface area contributed by atoms with Gasteiger partial charge in [-0.1, -0.05) is 43.5 Å². The van der Waals surface area contributed by atoms with Gasteiger partial charge in [0.1, 0.15) is 11.6 Å². The van der Waals surface area contributed by atoms with Gasteiger partial charge in [-0.25, -0.2) is 9.18 Å². The van der Waals surface area contributed by atoms with Crippen LogP contribution >= 0.6 is 12.8 Å². The van der Waals surface area contributed by atoms with Crippen LogP contribution in [-0.4, -0.2) is 23.2 Å². The Morgan fingerprint density at radius 1 is 1.06 bits per heavy atom. The lowest BCUT2D eigenvalue weighted by Gasteiger charge is -2.22. The molecular weight excluding hydrogens is 427 g/mol. The lowest BCUT2D eigenvalue weighted by Crippen LogP contribution is -2.04. The number of aromatic carboxylic acids is 1. The number of pyridine rings is 1. The molecular formula is C25H27FN2O3S. The van der Waals surface area contributed by atoms with Crippen molar-refractivity contribution >= 4 is 18.8 Å². The van der Waals surface area contributed by atoms with Gasteiger partial charge in [0.05, 0.1) is 18.4 Å². The number of hydrogen-bond donors (Lipinski definition) is 3. The first-order valence-corrected chi connectivity index (χ1v) is 11.0. The molecule has 0 aliphatic heterocycles. The maximum Gasteiger partial charge on any atom is 0.338 e. The summed E-state index contributed by atoms with van der Waals surface area (Å²) < 4.78 is 19.6. The highest BCUT2D eigenvalue weighted by Gasteiger charge is 2.18. The summed E-state index contributed by atoms with van der Waals surface area (Å²) in [5.74, 6) is -1.23. The van der Waals surface area contributed by atoms with Gasteiger partial charge in [0.2, 0.25) is 0 Å². The molecule has 7 heteroatoms. The van der Waals surface area contributed by atoms with Crippen LogP contribution in [0.5, 0.6) is 5.75 Å². The fourth-order valence-electron chi connectivity index (χ4n) is 4.23. The lowest BCUT2D eigenvalue weighted by atomic mass is 9.84. The average Bonchev–Trinajstić information content (AvgIpc) is 2.85. The van der Waals surface area contributed by atoms with Gasteiger partial charge in [-0.2, -0.15) is 0 Å². The van der Waals surface area contributed by atoms with Crippen LogP contribution < -0.4 is 9.88 Å². The Morgan fingerprint density at radius 3 is 2.38 bits per heavy atom. The van der Waals surface area contributed by atoms with Crippen LogP contribution in [0.1, 0.15) is 53.9 Å². The highest BCUT2D eigenvalue weighted by Crippen LogP contribution is 2.35. The highest BCUT2D eigenvalue weighted by molar-refractivity contribution is 7.77. The predicted molar refractivity (Wildman–Crippen MR) is 128 cm³/mol. The molecule has 1 aromatic heterocycles. The van der Waals surface area contributed by atoms with Crippen molar-refractivity contribution in [1.82, 2.24) is 4.98 Å². The average molecular weight is 455 g/mol. The summed E-state index contributed by atoms with van der Waals surface area (Å²) in [5, 5.41) is 13.3. The second kappa shape index (κ2) is 11.1. The summed E-state index contributed by atoms with van der Waals surface area (Å²) in [7, 11) is 1.43. The molecule has 3 N–H and O–H groups in total. The summed E-state index contributed by atoms with van der Waals surface area (Å²) in [4.78, 5) is 15.6. The zero-order chi connectivity index (χ0) is 23.1. The molecule has 4 rings (SSSR count). The Morgan fingerprint density at radius 2 is 1.75 bits per heavy atom. The fourth-order valence-corrected chi connectivity index (χ4v) is 4.23. The molecule has 5 nitrogen and oxygen atoms in total. The van der Waals surface area contributed by atoms with Crippen LogP contribution in [0, 0.1) is 5.82 Å². The Labute approximate surface area is 193 Å². The molecule has 32 heavy (non-hydrogen) atoms. The second-order valence-corrected chi connectivity index (χ2v) is 7.72. The molecule has 0 radical (unpaired) electrons. The standard InChI is InChI=1S/C25H24FNO3.H3NS/c1-30-24-15-20(25(28)29)22(26)14-21(24)23-13-19(11-12-27-23)18-9-7-17(8-10-18)16-5-3-2-4-6-16;1-2/h7-16H,2-6H2,1H3,(H,28,29);2H,1H2. The van der Waals surface area contributed by atoms with Gasteiger partial charge in [-0.3, -0.25) is 10.1 Å². The van der Waals surface area contributed by atoms with E-state index < -0.39 is 17.3 Å². The van der Waals surface area contributed by atoms with Gasteiger partial charge in [0.25, 0.3) is 0 Å². The van der Waals surface area contributed by atoms with E-state index in [-0.39, 0.29) is 5.75 Å². The van der Waals surface area contributed by atoms with E-state index in [1.54, 1.807) is 6.20 Å². The molecule has 0 unspecified atom stereocenters. The van der Waals surface area contributed by atoms with E-state index in [9.17, 15) is 9.18 Å². The zero-order valence-electron chi connectivity index (χ0n) is 17.9. The molecule has 0 spiro atoms. The minimum Gasteiger partial charge on any atom is -0.496 e. The van der Waals surface area contributed by atoms with Crippen LogP contribution in [0.2, 0.25) is 0 Å². The molecule has 1 fully saturated rings. The van der Waals surface area contributed by atoms with E-state index >= 15 is 0 Å². The van der Waals surface area contributed by atoms with Crippen LogP contribution in [0.25, 0.3) is 22.4 Å². The minimum absolute atomic E-state index is 0.270. The van der Waals surface area contributed by atoms with Crippen molar-refractivity contribution in [3.63, 3.8) is 0 Å². The minimum atomic E-state index is -1.34. The normalized spacial score (nSPS) is 13.8. The molecule has 0 amide bonds. The van der Waals surface area contributed by atoms with Crippen molar-refractivity contribution in [2.24, 2.45) is 5.14 Å². The van der Waals surface area contributed by atoms with Gasteiger partial charge in [0.15, 0.2) is 0 Å². The monoisotopic (exact) mass is 454 g/mol. The molecule has 2 aromatic carbocycles. The number of benzene rings is 2. The smallest absolute Gasteiger partial charge is 0.338 e. The molecule has 0 atom stereocenters. The number of nitrogens with two attached hydrogens (primary N) is 1. The summed E-state index contributed by atoms with van der Waals surface area (Å²) >= 11 is 3.03. The number of carboxylic acids is 1. The van der Waals surface area contributed by atoms with E-state index in [0.717, 1.165) is 11.1 Å². The van der Waals surface area contributed by atoms with Gasteiger partial charge >= 0.3 is 5.97 Å². The highest BCUT2D eigenvalue weighted by atomic mass is 32.1. The number of methoxy groups -OCH3 is 1. The largest absolute Gasteiger partial charge is 0.496 e.